The molecule has 2 atom stereocenters. The van der Waals surface area contributed by atoms with Gasteiger partial charge in [0, 0.05) is 24.8 Å². The number of hydrogen-bond donors (Lipinski definition) is 1. The van der Waals surface area contributed by atoms with Crippen LogP contribution < -0.4 is 9.46 Å². The highest BCUT2D eigenvalue weighted by atomic mass is 32.2. The second-order valence-corrected chi connectivity index (χ2v) is 8.58. The largest absolute Gasteiger partial charge is 0.493 e. The van der Waals surface area contributed by atoms with E-state index < -0.39 is 40.3 Å². The molecule has 0 heterocycles. The van der Waals surface area contributed by atoms with Crippen LogP contribution in [-0.4, -0.2) is 45.3 Å². The third-order valence-corrected chi connectivity index (χ3v) is 5.91. The van der Waals surface area contributed by atoms with Crippen molar-refractivity contribution in [2.75, 3.05) is 19.0 Å². The second-order valence-electron chi connectivity index (χ2n) is 6.54. The Kier molecular flexibility index (Phi) is 7.16. The van der Waals surface area contributed by atoms with Crippen molar-refractivity contribution < 1.29 is 31.5 Å². The first-order valence-corrected chi connectivity index (χ1v) is 10.6. The number of rotatable bonds is 8. The molecule has 152 valence electrons. The Hall–Kier alpha value is -1.74. The van der Waals surface area contributed by atoms with Gasteiger partial charge in [-0.1, -0.05) is 0 Å². The minimum atomic E-state index is -3.49. The van der Waals surface area contributed by atoms with Gasteiger partial charge in [-0.2, -0.15) is 0 Å². The van der Waals surface area contributed by atoms with E-state index in [1.165, 1.54) is 19.1 Å². The van der Waals surface area contributed by atoms with Crippen LogP contribution >= 0.6 is 0 Å². The van der Waals surface area contributed by atoms with Crippen LogP contribution in [0, 0.1) is 5.92 Å². The van der Waals surface area contributed by atoms with Gasteiger partial charge in [-0.05, 0) is 44.5 Å². The lowest BCUT2D eigenvalue weighted by Gasteiger charge is -2.36. The number of carbonyl (C=O) groups is 1. The molecule has 2 rings (SSSR count). The fraction of sp³-hybridized carbons (Fsp3) is 0.611. The monoisotopic (exact) mass is 405 g/mol. The summed E-state index contributed by atoms with van der Waals surface area (Å²) in [6, 6.07) is 5.57. The molecule has 0 bridgehead atoms. The van der Waals surface area contributed by atoms with Crippen LogP contribution in [0.5, 0.6) is 5.75 Å². The minimum absolute atomic E-state index is 0.0504. The molecule has 1 aliphatic carbocycles. The van der Waals surface area contributed by atoms with Crippen LogP contribution in [0.3, 0.4) is 0 Å². The summed E-state index contributed by atoms with van der Waals surface area (Å²) in [5.74, 6) is -3.64. The summed E-state index contributed by atoms with van der Waals surface area (Å²) in [5.41, 5.74) is 0.363. The predicted octanol–water partition coefficient (Wildman–Crippen LogP) is 2.99. The molecule has 1 aromatic rings. The molecule has 1 fully saturated rings. The van der Waals surface area contributed by atoms with E-state index in [4.69, 9.17) is 9.47 Å². The van der Waals surface area contributed by atoms with E-state index in [1.54, 1.807) is 19.1 Å². The average molecular weight is 405 g/mol. The lowest BCUT2D eigenvalue weighted by Crippen LogP contribution is -2.48. The zero-order chi connectivity index (χ0) is 20.1. The average Bonchev–Trinajstić information content (AvgIpc) is 2.62. The van der Waals surface area contributed by atoms with Crippen molar-refractivity contribution in [3.05, 3.63) is 29.8 Å². The maximum atomic E-state index is 13.8. The summed E-state index contributed by atoms with van der Waals surface area (Å²) in [7, 11) is -3.49. The first-order valence-electron chi connectivity index (χ1n) is 8.93. The van der Waals surface area contributed by atoms with Crippen molar-refractivity contribution in [2.24, 2.45) is 5.92 Å². The van der Waals surface area contributed by atoms with Gasteiger partial charge in [0.2, 0.25) is 15.9 Å². The number of esters is 1. The summed E-state index contributed by atoms with van der Waals surface area (Å²) in [5, 5.41) is 0. The van der Waals surface area contributed by atoms with E-state index in [-0.39, 0.29) is 31.8 Å². The molecule has 0 unspecified atom stereocenters. The van der Waals surface area contributed by atoms with Gasteiger partial charge in [0.25, 0.3) is 0 Å². The number of sulfonamides is 1. The molecule has 1 N–H and O–H groups in total. The predicted molar refractivity (Wildman–Crippen MR) is 96.6 cm³/mol. The van der Waals surface area contributed by atoms with Crippen LogP contribution in [0.15, 0.2) is 24.3 Å². The van der Waals surface area contributed by atoms with Gasteiger partial charge in [-0.3, -0.25) is 0 Å². The Morgan fingerprint density at radius 2 is 1.93 bits per heavy atom. The number of carbonyl (C=O) groups excluding carboxylic acids is 1. The number of halogens is 2. The van der Waals surface area contributed by atoms with Crippen molar-refractivity contribution in [1.29, 1.82) is 0 Å². The number of hydrogen-bond acceptors (Lipinski definition) is 5. The Morgan fingerprint density at radius 3 is 2.52 bits per heavy atom. The summed E-state index contributed by atoms with van der Waals surface area (Å²) >= 11 is 0. The molecule has 9 heteroatoms. The molecule has 0 saturated heterocycles. The van der Waals surface area contributed by atoms with E-state index in [0.29, 0.717) is 11.3 Å². The van der Waals surface area contributed by atoms with Crippen LogP contribution in [-0.2, 0) is 14.8 Å². The van der Waals surface area contributed by atoms with Gasteiger partial charge in [0.15, 0.2) is 0 Å². The highest BCUT2D eigenvalue weighted by Gasteiger charge is 2.42. The summed E-state index contributed by atoms with van der Waals surface area (Å²) in [6.45, 7) is 3.42. The molecule has 0 amide bonds. The van der Waals surface area contributed by atoms with E-state index >= 15 is 0 Å². The normalized spacial score (nSPS) is 22.2. The quantitative estimate of drug-likeness (QED) is 0.673. The Morgan fingerprint density at radius 1 is 1.26 bits per heavy atom. The first kappa shape index (κ1) is 21.6. The summed E-state index contributed by atoms with van der Waals surface area (Å²) in [4.78, 5) is 11.6. The molecule has 1 aliphatic rings. The summed E-state index contributed by atoms with van der Waals surface area (Å²) < 4.78 is 64.2. The topological polar surface area (TPSA) is 81.7 Å². The van der Waals surface area contributed by atoms with Gasteiger partial charge < -0.3 is 9.47 Å². The van der Waals surface area contributed by atoms with Crippen molar-refractivity contribution in [3.63, 3.8) is 0 Å². The Balaban J connectivity index is 2.02. The molecule has 0 aromatic heterocycles. The molecule has 6 nitrogen and oxygen atoms in total. The lowest BCUT2D eigenvalue weighted by molar-refractivity contribution is -0.0661. The van der Waals surface area contributed by atoms with Crippen molar-refractivity contribution in [3.8, 4) is 5.75 Å². The highest BCUT2D eigenvalue weighted by molar-refractivity contribution is 7.89. The molecular formula is C18H25F2NO5S. The highest BCUT2D eigenvalue weighted by Crippen LogP contribution is 2.37. The zero-order valence-electron chi connectivity index (χ0n) is 15.4. The lowest BCUT2D eigenvalue weighted by atomic mass is 9.83. The van der Waals surface area contributed by atoms with Gasteiger partial charge in [0.1, 0.15) is 5.75 Å². The smallest absolute Gasteiger partial charge is 0.338 e. The van der Waals surface area contributed by atoms with E-state index in [2.05, 4.69) is 4.72 Å². The molecule has 0 spiro atoms. The number of ether oxygens (including phenoxy) is 2. The molecule has 1 saturated carbocycles. The fourth-order valence-corrected chi connectivity index (χ4v) is 3.92. The van der Waals surface area contributed by atoms with Gasteiger partial charge in [-0.25, -0.2) is 26.7 Å². The van der Waals surface area contributed by atoms with E-state index in [0.717, 1.165) is 0 Å². The van der Waals surface area contributed by atoms with E-state index in [1.807, 2.05) is 0 Å². The minimum Gasteiger partial charge on any atom is -0.493 e. The van der Waals surface area contributed by atoms with E-state index in [9.17, 15) is 22.0 Å². The number of nitrogens with one attached hydrogen (secondary N) is 1. The molecule has 0 aliphatic heterocycles. The summed E-state index contributed by atoms with van der Waals surface area (Å²) in [6.07, 6.45) is -0.735. The molecule has 1 aromatic carbocycles. The third kappa shape index (κ3) is 6.42. The first-order chi connectivity index (χ1) is 12.7. The van der Waals surface area contributed by atoms with Gasteiger partial charge in [-0.15, -0.1) is 0 Å². The van der Waals surface area contributed by atoms with Crippen molar-refractivity contribution in [2.45, 2.75) is 45.1 Å². The maximum absolute atomic E-state index is 13.8. The van der Waals surface area contributed by atoms with Gasteiger partial charge in [0.05, 0.1) is 24.5 Å². The zero-order valence-corrected chi connectivity index (χ0v) is 16.2. The SMILES string of the molecule is CCOC(=O)c1ccc(OC[C@H]2CC(F)(F)CC[C@@H]2NS(=O)(=O)CC)cc1. The molecule has 0 radical (unpaired) electrons. The van der Waals surface area contributed by atoms with Crippen molar-refractivity contribution in [1.82, 2.24) is 4.72 Å². The van der Waals surface area contributed by atoms with Crippen molar-refractivity contribution >= 4 is 16.0 Å². The number of benzene rings is 1. The van der Waals surface area contributed by atoms with Gasteiger partial charge >= 0.3 is 5.97 Å². The Labute approximate surface area is 158 Å². The second kappa shape index (κ2) is 8.97. The number of alkyl halides is 2. The van der Waals surface area contributed by atoms with Crippen LogP contribution in [0.1, 0.15) is 43.5 Å². The Bertz CT molecular complexity index is 737. The molecule has 27 heavy (non-hydrogen) atoms. The maximum Gasteiger partial charge on any atom is 0.338 e. The van der Waals surface area contributed by atoms with Crippen LogP contribution in [0.2, 0.25) is 0 Å². The standard InChI is InChI=1S/C18H25F2NO5S/c1-3-25-17(22)13-5-7-15(8-6-13)26-12-14-11-18(19,20)10-9-16(14)21-27(23,24)4-2/h5-8,14,16,21H,3-4,9-12H2,1-2H3/t14-,16+/m1/s1. The molecular weight excluding hydrogens is 380 g/mol. The van der Waals surface area contributed by atoms with Crippen LogP contribution in [0.25, 0.3) is 0 Å². The fourth-order valence-electron chi connectivity index (χ4n) is 2.98. The van der Waals surface area contributed by atoms with Crippen LogP contribution in [0.4, 0.5) is 8.78 Å². The third-order valence-electron chi connectivity index (χ3n) is 4.49.